The maximum Gasteiger partial charge on any atom is 0.220 e. The summed E-state index contributed by atoms with van der Waals surface area (Å²) in [6, 6.07) is 6.35. The number of rotatable bonds is 6. The van der Waals surface area contributed by atoms with Crippen molar-refractivity contribution in [2.75, 3.05) is 0 Å². The molecule has 24 heavy (non-hydrogen) atoms. The summed E-state index contributed by atoms with van der Waals surface area (Å²) in [5.74, 6) is 0.851. The number of carbonyl (C=O) groups is 2. The molecule has 0 saturated heterocycles. The van der Waals surface area contributed by atoms with Crippen molar-refractivity contribution in [3.63, 3.8) is 0 Å². The molecule has 0 spiro atoms. The molecular weight excluding hydrogens is 304 g/mol. The van der Waals surface area contributed by atoms with Gasteiger partial charge in [-0.2, -0.15) is 0 Å². The van der Waals surface area contributed by atoms with Crippen molar-refractivity contribution >= 4 is 11.8 Å². The average Bonchev–Trinajstić information content (AvgIpc) is 3.18. The molecule has 2 N–H and O–H groups in total. The third-order valence-electron chi connectivity index (χ3n) is 4.75. The van der Waals surface area contributed by atoms with Gasteiger partial charge in [0.05, 0.1) is 0 Å². The SMILES string of the molecule is C[C@H]1Cc2cc(CNC(=O)CCC(=O)NC3CCCC3)ccc2O1. The second kappa shape index (κ2) is 7.69. The van der Waals surface area contributed by atoms with E-state index >= 15 is 0 Å². The highest BCUT2D eigenvalue weighted by Crippen LogP contribution is 2.29. The third-order valence-corrected chi connectivity index (χ3v) is 4.75. The lowest BCUT2D eigenvalue weighted by Crippen LogP contribution is -2.33. The Morgan fingerprint density at radius 3 is 2.71 bits per heavy atom. The van der Waals surface area contributed by atoms with E-state index < -0.39 is 0 Å². The number of hydrogen-bond acceptors (Lipinski definition) is 3. The Labute approximate surface area is 143 Å². The Balaban J connectivity index is 1.38. The van der Waals surface area contributed by atoms with Gasteiger partial charge in [-0.05, 0) is 37.0 Å². The highest BCUT2D eigenvalue weighted by Gasteiger charge is 2.19. The Morgan fingerprint density at radius 2 is 1.92 bits per heavy atom. The summed E-state index contributed by atoms with van der Waals surface area (Å²) in [4.78, 5) is 23.8. The van der Waals surface area contributed by atoms with Gasteiger partial charge in [0.25, 0.3) is 0 Å². The van der Waals surface area contributed by atoms with Crippen molar-refractivity contribution in [1.29, 1.82) is 0 Å². The quantitative estimate of drug-likeness (QED) is 0.842. The second-order valence-corrected chi connectivity index (χ2v) is 6.90. The highest BCUT2D eigenvalue weighted by molar-refractivity contribution is 5.83. The zero-order valence-electron chi connectivity index (χ0n) is 14.3. The normalized spacial score (nSPS) is 19.6. The van der Waals surface area contributed by atoms with Crippen molar-refractivity contribution < 1.29 is 14.3 Å². The zero-order valence-corrected chi connectivity index (χ0v) is 14.3. The molecule has 1 aliphatic carbocycles. The number of amides is 2. The molecule has 1 aromatic carbocycles. The summed E-state index contributed by atoms with van der Waals surface area (Å²) in [6.07, 6.45) is 6.16. The van der Waals surface area contributed by atoms with Gasteiger partial charge in [0.15, 0.2) is 0 Å². The largest absolute Gasteiger partial charge is 0.490 e. The molecule has 1 aromatic rings. The van der Waals surface area contributed by atoms with Crippen molar-refractivity contribution in [3.8, 4) is 5.75 Å². The Kier molecular flexibility index (Phi) is 5.38. The van der Waals surface area contributed by atoms with Crippen LogP contribution >= 0.6 is 0 Å². The predicted molar refractivity (Wildman–Crippen MR) is 91.7 cm³/mol. The van der Waals surface area contributed by atoms with Crippen LogP contribution in [0.3, 0.4) is 0 Å². The van der Waals surface area contributed by atoms with E-state index in [9.17, 15) is 9.59 Å². The van der Waals surface area contributed by atoms with Crippen molar-refractivity contribution in [1.82, 2.24) is 10.6 Å². The molecule has 5 heteroatoms. The summed E-state index contributed by atoms with van der Waals surface area (Å²) in [5, 5.41) is 5.90. The standard InChI is InChI=1S/C19H26N2O3/c1-13-10-15-11-14(6-7-17(15)24-13)12-20-18(22)8-9-19(23)21-16-4-2-3-5-16/h6-7,11,13,16H,2-5,8-10,12H2,1H3,(H,20,22)(H,21,23)/t13-/m0/s1. The first-order chi connectivity index (χ1) is 11.6. The number of nitrogens with one attached hydrogen (secondary N) is 2. The van der Waals surface area contributed by atoms with Crippen LogP contribution < -0.4 is 15.4 Å². The molecule has 3 rings (SSSR count). The van der Waals surface area contributed by atoms with Crippen LogP contribution in [0.4, 0.5) is 0 Å². The van der Waals surface area contributed by atoms with E-state index in [0.29, 0.717) is 12.6 Å². The van der Waals surface area contributed by atoms with Gasteiger partial charge in [-0.25, -0.2) is 0 Å². The lowest BCUT2D eigenvalue weighted by Gasteiger charge is -2.11. The maximum atomic E-state index is 11.9. The van der Waals surface area contributed by atoms with Gasteiger partial charge < -0.3 is 15.4 Å². The van der Waals surface area contributed by atoms with Crippen LogP contribution in [0.2, 0.25) is 0 Å². The van der Waals surface area contributed by atoms with Gasteiger partial charge in [0.1, 0.15) is 11.9 Å². The van der Waals surface area contributed by atoms with Crippen molar-refractivity contribution in [2.45, 2.75) is 70.6 Å². The third kappa shape index (κ3) is 4.49. The molecule has 0 unspecified atom stereocenters. The van der Waals surface area contributed by atoms with Gasteiger partial charge in [-0.3, -0.25) is 9.59 Å². The lowest BCUT2D eigenvalue weighted by molar-refractivity contribution is -0.126. The molecule has 1 aliphatic heterocycles. The molecule has 1 heterocycles. The number of hydrogen-bond donors (Lipinski definition) is 2. The van der Waals surface area contributed by atoms with E-state index in [1.807, 2.05) is 12.1 Å². The molecule has 1 atom stereocenters. The highest BCUT2D eigenvalue weighted by atomic mass is 16.5. The molecule has 5 nitrogen and oxygen atoms in total. The van der Waals surface area contributed by atoms with Crippen LogP contribution in [0.15, 0.2) is 18.2 Å². The molecular formula is C19H26N2O3. The fourth-order valence-corrected chi connectivity index (χ4v) is 3.47. The fourth-order valence-electron chi connectivity index (χ4n) is 3.47. The summed E-state index contributed by atoms with van der Waals surface area (Å²) in [7, 11) is 0. The van der Waals surface area contributed by atoms with Gasteiger partial charge >= 0.3 is 0 Å². The minimum absolute atomic E-state index is 0.0132. The average molecular weight is 330 g/mol. The summed E-state index contributed by atoms with van der Waals surface area (Å²) < 4.78 is 5.67. The number of carbonyl (C=O) groups excluding carboxylic acids is 2. The molecule has 2 amide bonds. The molecule has 0 radical (unpaired) electrons. The van der Waals surface area contributed by atoms with Crippen molar-refractivity contribution in [2.24, 2.45) is 0 Å². The Bertz CT molecular complexity index is 609. The monoisotopic (exact) mass is 330 g/mol. The topological polar surface area (TPSA) is 67.4 Å². The van der Waals surface area contributed by atoms with Crippen LogP contribution in [-0.2, 0) is 22.6 Å². The van der Waals surface area contributed by atoms with E-state index in [1.54, 1.807) is 0 Å². The molecule has 130 valence electrons. The van der Waals surface area contributed by atoms with Gasteiger partial charge in [-0.1, -0.05) is 25.0 Å². The number of benzene rings is 1. The zero-order chi connectivity index (χ0) is 16.9. The molecule has 1 saturated carbocycles. The Hall–Kier alpha value is -2.04. The number of ether oxygens (including phenoxy) is 1. The van der Waals surface area contributed by atoms with Crippen LogP contribution in [-0.4, -0.2) is 24.0 Å². The molecule has 2 aliphatic rings. The minimum Gasteiger partial charge on any atom is -0.490 e. The molecule has 0 aromatic heterocycles. The van der Waals surface area contributed by atoms with E-state index in [-0.39, 0.29) is 30.8 Å². The van der Waals surface area contributed by atoms with Crippen LogP contribution in [0.5, 0.6) is 5.75 Å². The maximum absolute atomic E-state index is 11.9. The van der Waals surface area contributed by atoms with Crippen LogP contribution in [0.1, 0.15) is 56.6 Å². The van der Waals surface area contributed by atoms with Gasteiger partial charge in [-0.15, -0.1) is 0 Å². The summed E-state index contributed by atoms with van der Waals surface area (Å²) in [6.45, 7) is 2.54. The van der Waals surface area contributed by atoms with Gasteiger partial charge in [0, 0.05) is 31.8 Å². The molecule has 1 fully saturated rings. The fraction of sp³-hybridized carbons (Fsp3) is 0.579. The van der Waals surface area contributed by atoms with E-state index in [1.165, 1.54) is 18.4 Å². The van der Waals surface area contributed by atoms with Gasteiger partial charge in [0.2, 0.25) is 11.8 Å². The smallest absolute Gasteiger partial charge is 0.220 e. The first-order valence-corrected chi connectivity index (χ1v) is 8.94. The summed E-state index contributed by atoms with van der Waals surface area (Å²) in [5.41, 5.74) is 2.26. The first-order valence-electron chi connectivity index (χ1n) is 8.94. The molecule has 0 bridgehead atoms. The summed E-state index contributed by atoms with van der Waals surface area (Å²) >= 11 is 0. The van der Waals surface area contributed by atoms with Crippen LogP contribution in [0, 0.1) is 0 Å². The minimum atomic E-state index is -0.0818. The van der Waals surface area contributed by atoms with E-state index in [4.69, 9.17) is 4.74 Å². The Morgan fingerprint density at radius 1 is 1.17 bits per heavy atom. The lowest BCUT2D eigenvalue weighted by atomic mass is 10.1. The van der Waals surface area contributed by atoms with Crippen LogP contribution in [0.25, 0.3) is 0 Å². The number of fused-ring (bicyclic) bond motifs is 1. The van der Waals surface area contributed by atoms with Crippen molar-refractivity contribution in [3.05, 3.63) is 29.3 Å². The predicted octanol–water partition coefficient (Wildman–Crippen LogP) is 2.47. The first kappa shape index (κ1) is 16.8. The van der Waals surface area contributed by atoms with E-state index in [0.717, 1.165) is 30.6 Å². The second-order valence-electron chi connectivity index (χ2n) is 6.90. The van der Waals surface area contributed by atoms with E-state index in [2.05, 4.69) is 23.6 Å².